The third-order valence-corrected chi connectivity index (χ3v) is 3.00. The van der Waals surface area contributed by atoms with Crippen molar-refractivity contribution in [3.63, 3.8) is 0 Å². The van der Waals surface area contributed by atoms with Crippen molar-refractivity contribution in [1.29, 1.82) is 10.5 Å². The summed E-state index contributed by atoms with van der Waals surface area (Å²) in [7, 11) is 0. The summed E-state index contributed by atoms with van der Waals surface area (Å²) >= 11 is 5.15. The average Bonchev–Trinajstić information content (AvgIpc) is 3.06. The zero-order valence-electron chi connectivity index (χ0n) is 9.74. The Morgan fingerprint density at radius 3 is 2.74 bits per heavy atom. The number of carbonyl (C=O) groups is 1. The molecule has 0 saturated carbocycles. The molecule has 1 amide bonds. The van der Waals surface area contributed by atoms with Gasteiger partial charge in [0.25, 0.3) is 5.91 Å². The molecule has 0 N–H and O–H groups in total. The molecule has 1 saturated heterocycles. The molecule has 0 aromatic carbocycles. The molecule has 19 heavy (non-hydrogen) atoms. The lowest BCUT2D eigenvalue weighted by molar-refractivity contribution is 0.0831. The van der Waals surface area contributed by atoms with Crippen LogP contribution in [-0.2, 0) is 0 Å². The number of nitriles is 2. The van der Waals surface area contributed by atoms with Gasteiger partial charge >= 0.3 is 0 Å². The first kappa shape index (κ1) is 12.8. The Bertz CT molecular complexity index is 605. The first-order chi connectivity index (χ1) is 9.17. The van der Waals surface area contributed by atoms with Gasteiger partial charge in [0.05, 0.1) is 6.26 Å². The van der Waals surface area contributed by atoms with Gasteiger partial charge in [-0.05, 0) is 24.4 Å². The van der Waals surface area contributed by atoms with E-state index in [0.717, 1.165) is 0 Å². The highest BCUT2D eigenvalue weighted by Gasteiger charge is 2.30. The first-order valence-corrected chi connectivity index (χ1v) is 5.76. The monoisotopic (exact) mass is 272 g/mol. The molecule has 0 unspecified atom stereocenters. The predicted octanol–water partition coefficient (Wildman–Crippen LogP) is 1.25. The standard InChI is InChI=1S/C12H8N4O2S/c13-6-9(7-14)8-15-3-4-16(12(15)19)11(17)10-2-1-5-18-10/h1-2,5,8H,3-4H2. The van der Waals surface area contributed by atoms with E-state index in [1.807, 2.05) is 0 Å². The maximum Gasteiger partial charge on any atom is 0.295 e. The Hall–Kier alpha value is -2.64. The lowest BCUT2D eigenvalue weighted by Crippen LogP contribution is -2.34. The van der Waals surface area contributed by atoms with Gasteiger partial charge in [0.1, 0.15) is 17.7 Å². The average molecular weight is 272 g/mol. The molecule has 0 spiro atoms. The number of amides is 1. The van der Waals surface area contributed by atoms with Crippen molar-refractivity contribution in [2.45, 2.75) is 0 Å². The third kappa shape index (κ3) is 2.46. The molecule has 1 aromatic heterocycles. The fraction of sp³-hybridized carbons (Fsp3) is 0.167. The molecule has 7 heteroatoms. The second-order valence-corrected chi connectivity index (χ2v) is 4.04. The lowest BCUT2D eigenvalue weighted by atomic mass is 10.3. The highest BCUT2D eigenvalue weighted by molar-refractivity contribution is 7.80. The van der Waals surface area contributed by atoms with Gasteiger partial charge in [0.15, 0.2) is 10.9 Å². The van der Waals surface area contributed by atoms with Crippen molar-refractivity contribution in [2.24, 2.45) is 0 Å². The Labute approximate surface area is 114 Å². The van der Waals surface area contributed by atoms with Gasteiger partial charge in [0, 0.05) is 19.3 Å². The van der Waals surface area contributed by atoms with Crippen LogP contribution in [0.5, 0.6) is 0 Å². The van der Waals surface area contributed by atoms with Crippen LogP contribution in [0.1, 0.15) is 10.6 Å². The molecule has 6 nitrogen and oxygen atoms in total. The number of furan rings is 1. The van der Waals surface area contributed by atoms with E-state index in [1.54, 1.807) is 24.3 Å². The molecule has 94 valence electrons. The number of hydrogen-bond donors (Lipinski definition) is 0. The van der Waals surface area contributed by atoms with E-state index < -0.39 is 0 Å². The van der Waals surface area contributed by atoms with E-state index in [9.17, 15) is 4.79 Å². The van der Waals surface area contributed by atoms with Crippen molar-refractivity contribution >= 4 is 23.2 Å². The molecule has 2 heterocycles. The van der Waals surface area contributed by atoms with Crippen LogP contribution in [0, 0.1) is 22.7 Å². The molecular weight excluding hydrogens is 264 g/mol. The topological polar surface area (TPSA) is 84.3 Å². The van der Waals surface area contributed by atoms with E-state index in [0.29, 0.717) is 13.1 Å². The van der Waals surface area contributed by atoms with Crippen LogP contribution in [0.3, 0.4) is 0 Å². The van der Waals surface area contributed by atoms with Gasteiger partial charge in [-0.3, -0.25) is 9.69 Å². The van der Waals surface area contributed by atoms with Crippen LogP contribution in [0.15, 0.2) is 34.6 Å². The quantitative estimate of drug-likeness (QED) is 0.595. The molecular formula is C12H8N4O2S. The zero-order valence-corrected chi connectivity index (χ0v) is 10.6. The maximum atomic E-state index is 12.1. The summed E-state index contributed by atoms with van der Waals surface area (Å²) in [5.74, 6) is -0.129. The lowest BCUT2D eigenvalue weighted by Gasteiger charge is -2.16. The maximum absolute atomic E-state index is 12.1. The van der Waals surface area contributed by atoms with Crippen LogP contribution in [-0.4, -0.2) is 33.9 Å². The van der Waals surface area contributed by atoms with Crippen molar-refractivity contribution in [3.05, 3.63) is 35.9 Å². The minimum absolute atomic E-state index is 0.0605. The molecule has 1 aromatic rings. The zero-order chi connectivity index (χ0) is 13.8. The number of carbonyl (C=O) groups excluding carboxylic acids is 1. The molecule has 0 atom stereocenters. The van der Waals surface area contributed by atoms with Crippen LogP contribution >= 0.6 is 12.2 Å². The van der Waals surface area contributed by atoms with E-state index in [1.165, 1.54) is 22.3 Å². The summed E-state index contributed by atoms with van der Waals surface area (Å²) < 4.78 is 5.03. The Kier molecular flexibility index (Phi) is 3.60. The molecule has 2 rings (SSSR count). The molecule has 0 aliphatic carbocycles. The number of nitrogens with zero attached hydrogens (tertiary/aromatic N) is 4. The predicted molar refractivity (Wildman–Crippen MR) is 68.4 cm³/mol. The van der Waals surface area contributed by atoms with Crippen molar-refractivity contribution in [3.8, 4) is 12.1 Å². The Balaban J connectivity index is 2.16. The van der Waals surface area contributed by atoms with Crippen molar-refractivity contribution < 1.29 is 9.21 Å². The summed E-state index contributed by atoms with van der Waals surface area (Å²) in [6, 6.07) is 6.67. The van der Waals surface area contributed by atoms with Gasteiger partial charge in [-0.2, -0.15) is 10.5 Å². The SMILES string of the molecule is N#CC(C#N)=CN1CCN(C(=O)c2ccco2)C1=S. The van der Waals surface area contributed by atoms with E-state index in [2.05, 4.69) is 0 Å². The fourth-order valence-electron chi connectivity index (χ4n) is 1.63. The highest BCUT2D eigenvalue weighted by atomic mass is 32.1. The van der Waals surface area contributed by atoms with Crippen LogP contribution in [0.4, 0.5) is 0 Å². The summed E-state index contributed by atoms with van der Waals surface area (Å²) in [5.41, 5.74) is -0.0605. The van der Waals surface area contributed by atoms with Gasteiger partial charge in [-0.25, -0.2) is 0 Å². The highest BCUT2D eigenvalue weighted by Crippen LogP contribution is 2.15. The summed E-state index contributed by atoms with van der Waals surface area (Å²) in [4.78, 5) is 15.0. The molecule has 1 aliphatic heterocycles. The van der Waals surface area contributed by atoms with Gasteiger partial charge in [-0.1, -0.05) is 0 Å². The van der Waals surface area contributed by atoms with E-state index >= 15 is 0 Å². The largest absolute Gasteiger partial charge is 0.459 e. The van der Waals surface area contributed by atoms with Crippen LogP contribution < -0.4 is 0 Å². The van der Waals surface area contributed by atoms with Gasteiger partial charge in [-0.15, -0.1) is 0 Å². The molecule has 0 bridgehead atoms. The van der Waals surface area contributed by atoms with Crippen LogP contribution in [0.25, 0.3) is 0 Å². The molecule has 1 aliphatic rings. The Morgan fingerprint density at radius 1 is 1.42 bits per heavy atom. The number of rotatable bonds is 2. The third-order valence-electron chi connectivity index (χ3n) is 2.54. The summed E-state index contributed by atoms with van der Waals surface area (Å²) in [5, 5.41) is 17.6. The summed E-state index contributed by atoms with van der Waals surface area (Å²) in [6.07, 6.45) is 2.76. The molecule has 1 fully saturated rings. The van der Waals surface area contributed by atoms with E-state index in [-0.39, 0.29) is 22.4 Å². The number of hydrogen-bond acceptors (Lipinski definition) is 5. The van der Waals surface area contributed by atoms with Crippen LogP contribution in [0.2, 0.25) is 0 Å². The summed E-state index contributed by atoms with van der Waals surface area (Å²) in [6.45, 7) is 0.831. The first-order valence-electron chi connectivity index (χ1n) is 5.35. The normalized spacial score (nSPS) is 13.9. The molecule has 0 radical (unpaired) electrons. The van der Waals surface area contributed by atoms with Crippen molar-refractivity contribution in [2.75, 3.05) is 13.1 Å². The van der Waals surface area contributed by atoms with Gasteiger partial charge < -0.3 is 9.32 Å². The Morgan fingerprint density at radius 2 is 2.16 bits per heavy atom. The number of allylic oxidation sites excluding steroid dienone is 1. The van der Waals surface area contributed by atoms with Crippen molar-refractivity contribution in [1.82, 2.24) is 9.80 Å². The smallest absolute Gasteiger partial charge is 0.295 e. The fourth-order valence-corrected chi connectivity index (χ4v) is 1.95. The van der Waals surface area contributed by atoms with E-state index in [4.69, 9.17) is 27.2 Å². The van der Waals surface area contributed by atoms with Gasteiger partial charge in [0.2, 0.25) is 0 Å². The second kappa shape index (κ2) is 5.34. The minimum atomic E-state index is -0.332. The number of thiocarbonyl (C=S) groups is 1. The minimum Gasteiger partial charge on any atom is -0.459 e. The second-order valence-electron chi connectivity index (χ2n) is 3.68.